The maximum atomic E-state index is 11.0. The smallest absolute Gasteiger partial charge is 0.339 e. The molecule has 15 heavy (non-hydrogen) atoms. The highest BCUT2D eigenvalue weighted by Gasteiger charge is 2.06. The Morgan fingerprint density at radius 2 is 2.00 bits per heavy atom. The van der Waals surface area contributed by atoms with Crippen molar-refractivity contribution in [1.29, 1.82) is 0 Å². The quantitative estimate of drug-likeness (QED) is 0.726. The summed E-state index contributed by atoms with van der Waals surface area (Å²) in [6.45, 7) is 4.13. The first-order chi connectivity index (χ1) is 7.08. The fourth-order valence-corrected chi connectivity index (χ4v) is 1.52. The van der Waals surface area contributed by atoms with Gasteiger partial charge < -0.3 is 9.52 Å². The van der Waals surface area contributed by atoms with Crippen LogP contribution in [-0.2, 0) is 0 Å². The van der Waals surface area contributed by atoms with Crippen LogP contribution < -0.4 is 5.63 Å². The average molecular weight is 204 g/mol. The van der Waals surface area contributed by atoms with Crippen LogP contribution >= 0.6 is 0 Å². The highest BCUT2D eigenvalue weighted by atomic mass is 16.4. The molecule has 0 bridgehead atoms. The summed E-state index contributed by atoms with van der Waals surface area (Å²) < 4.78 is 4.96. The van der Waals surface area contributed by atoms with Gasteiger partial charge in [-0.3, -0.25) is 0 Å². The lowest BCUT2D eigenvalue weighted by molar-refractivity contribution is 0.468. The summed E-state index contributed by atoms with van der Waals surface area (Å²) in [5, 5.41) is 10.2. The number of hydrogen-bond donors (Lipinski definition) is 1. The molecule has 0 saturated heterocycles. The highest BCUT2D eigenvalue weighted by Crippen LogP contribution is 2.26. The molecule has 3 nitrogen and oxygen atoms in total. The van der Waals surface area contributed by atoms with E-state index in [-0.39, 0.29) is 5.75 Å². The van der Waals surface area contributed by atoms with Crippen molar-refractivity contribution in [2.45, 2.75) is 19.8 Å². The van der Waals surface area contributed by atoms with Crippen LogP contribution in [0, 0.1) is 0 Å². The molecule has 0 aliphatic heterocycles. The molecule has 0 fully saturated rings. The van der Waals surface area contributed by atoms with Gasteiger partial charge in [0.2, 0.25) is 0 Å². The third-order valence-corrected chi connectivity index (χ3v) is 2.41. The zero-order valence-electron chi connectivity index (χ0n) is 8.65. The zero-order valence-corrected chi connectivity index (χ0v) is 8.65. The van der Waals surface area contributed by atoms with Crippen molar-refractivity contribution in [2.24, 2.45) is 0 Å². The summed E-state index contributed by atoms with van der Waals surface area (Å²) in [5.41, 5.74) is 0.994. The van der Waals surface area contributed by atoms with E-state index in [4.69, 9.17) is 4.42 Å². The van der Waals surface area contributed by atoms with E-state index in [0.29, 0.717) is 16.9 Å². The van der Waals surface area contributed by atoms with E-state index in [1.165, 1.54) is 0 Å². The second-order valence-corrected chi connectivity index (χ2v) is 3.86. The van der Waals surface area contributed by atoms with Crippen molar-refractivity contribution in [3.05, 3.63) is 40.2 Å². The van der Waals surface area contributed by atoms with Crippen molar-refractivity contribution in [3.63, 3.8) is 0 Å². The molecule has 0 atom stereocenters. The Morgan fingerprint density at radius 3 is 2.67 bits per heavy atom. The molecule has 0 unspecified atom stereocenters. The highest BCUT2D eigenvalue weighted by molar-refractivity contribution is 5.83. The largest absolute Gasteiger partial charge is 0.507 e. The van der Waals surface area contributed by atoms with Crippen LogP contribution in [0.5, 0.6) is 5.75 Å². The minimum atomic E-state index is -0.530. The van der Waals surface area contributed by atoms with E-state index in [2.05, 4.69) is 13.8 Å². The lowest BCUT2D eigenvalue weighted by atomic mass is 10.0. The molecule has 0 aliphatic carbocycles. The predicted octanol–water partition coefficient (Wildman–Crippen LogP) is 2.62. The van der Waals surface area contributed by atoms with Crippen molar-refractivity contribution in [2.75, 3.05) is 0 Å². The SMILES string of the molecule is CC(C)c1ccc2oc(=O)cc(O)c2c1. The van der Waals surface area contributed by atoms with Crippen LogP contribution in [0.25, 0.3) is 11.0 Å². The third kappa shape index (κ3) is 1.73. The molecular formula is C12H12O3. The summed E-state index contributed by atoms with van der Waals surface area (Å²) in [5.74, 6) is 0.351. The Bertz CT molecular complexity index is 552. The topological polar surface area (TPSA) is 50.4 Å². The van der Waals surface area contributed by atoms with E-state index in [1.54, 1.807) is 6.07 Å². The lowest BCUT2D eigenvalue weighted by Gasteiger charge is -2.06. The Labute approximate surface area is 87.0 Å². The molecule has 0 spiro atoms. The molecule has 3 heteroatoms. The van der Waals surface area contributed by atoms with Gasteiger partial charge in [0, 0.05) is 0 Å². The minimum absolute atomic E-state index is 0.0243. The molecule has 0 amide bonds. The van der Waals surface area contributed by atoms with Crippen LogP contribution in [0.2, 0.25) is 0 Å². The van der Waals surface area contributed by atoms with Gasteiger partial charge in [0.1, 0.15) is 11.3 Å². The van der Waals surface area contributed by atoms with Crippen LogP contribution in [0.3, 0.4) is 0 Å². The van der Waals surface area contributed by atoms with Gasteiger partial charge in [-0.2, -0.15) is 0 Å². The Balaban J connectivity index is 2.77. The monoisotopic (exact) mass is 204 g/mol. The van der Waals surface area contributed by atoms with Crippen molar-refractivity contribution in [3.8, 4) is 5.75 Å². The standard InChI is InChI=1S/C12H12O3/c1-7(2)8-3-4-11-9(5-8)10(13)6-12(14)15-11/h3-7,13H,1-2H3. The molecule has 1 aromatic heterocycles. The second-order valence-electron chi connectivity index (χ2n) is 3.86. The molecule has 78 valence electrons. The summed E-state index contributed by atoms with van der Waals surface area (Å²) in [6, 6.07) is 6.55. The van der Waals surface area contributed by atoms with E-state index in [1.807, 2.05) is 12.1 Å². The van der Waals surface area contributed by atoms with Gasteiger partial charge in [-0.25, -0.2) is 4.79 Å². The zero-order chi connectivity index (χ0) is 11.0. The molecule has 1 aromatic carbocycles. The number of benzene rings is 1. The number of rotatable bonds is 1. The van der Waals surface area contributed by atoms with Crippen LogP contribution in [-0.4, -0.2) is 5.11 Å². The molecule has 2 rings (SSSR count). The van der Waals surface area contributed by atoms with Crippen molar-refractivity contribution in [1.82, 2.24) is 0 Å². The number of aromatic hydroxyl groups is 1. The van der Waals surface area contributed by atoms with E-state index < -0.39 is 5.63 Å². The molecule has 1 N–H and O–H groups in total. The van der Waals surface area contributed by atoms with Gasteiger partial charge in [-0.05, 0) is 23.6 Å². The summed E-state index contributed by atoms with van der Waals surface area (Å²) in [4.78, 5) is 11.0. The fourth-order valence-electron chi connectivity index (χ4n) is 1.52. The molecular weight excluding hydrogens is 192 g/mol. The average Bonchev–Trinajstić information content (AvgIpc) is 2.16. The van der Waals surface area contributed by atoms with Gasteiger partial charge in [0.15, 0.2) is 0 Å². The van der Waals surface area contributed by atoms with E-state index >= 15 is 0 Å². The Kier molecular flexibility index (Phi) is 2.23. The summed E-state index contributed by atoms with van der Waals surface area (Å²) in [7, 11) is 0. The van der Waals surface area contributed by atoms with Crippen LogP contribution in [0.1, 0.15) is 25.3 Å². The molecule has 0 aliphatic rings. The summed E-state index contributed by atoms with van der Waals surface area (Å²) >= 11 is 0. The van der Waals surface area contributed by atoms with Gasteiger partial charge >= 0.3 is 5.63 Å². The van der Waals surface area contributed by atoms with Gasteiger partial charge in [0.05, 0.1) is 11.5 Å². The third-order valence-electron chi connectivity index (χ3n) is 2.41. The first-order valence-electron chi connectivity index (χ1n) is 4.84. The lowest BCUT2D eigenvalue weighted by Crippen LogP contribution is -1.96. The van der Waals surface area contributed by atoms with Crippen LogP contribution in [0.4, 0.5) is 0 Å². The Hall–Kier alpha value is -1.77. The van der Waals surface area contributed by atoms with Gasteiger partial charge in [-0.1, -0.05) is 19.9 Å². The number of hydrogen-bond acceptors (Lipinski definition) is 3. The number of fused-ring (bicyclic) bond motifs is 1. The molecule has 1 heterocycles. The first-order valence-corrected chi connectivity index (χ1v) is 4.84. The normalized spacial score (nSPS) is 11.1. The maximum absolute atomic E-state index is 11.0. The van der Waals surface area contributed by atoms with Crippen molar-refractivity contribution >= 4 is 11.0 Å². The van der Waals surface area contributed by atoms with Crippen molar-refractivity contribution < 1.29 is 9.52 Å². The molecule has 0 radical (unpaired) electrons. The molecule has 2 aromatic rings. The van der Waals surface area contributed by atoms with E-state index in [0.717, 1.165) is 11.6 Å². The Morgan fingerprint density at radius 1 is 1.27 bits per heavy atom. The summed E-state index contributed by atoms with van der Waals surface area (Å²) in [6.07, 6.45) is 0. The second kappa shape index (κ2) is 3.42. The first kappa shape index (κ1) is 9.77. The minimum Gasteiger partial charge on any atom is -0.507 e. The molecule has 0 saturated carbocycles. The fraction of sp³-hybridized carbons (Fsp3) is 0.250. The van der Waals surface area contributed by atoms with Gasteiger partial charge in [-0.15, -0.1) is 0 Å². The van der Waals surface area contributed by atoms with Crippen LogP contribution in [0.15, 0.2) is 33.5 Å². The predicted molar refractivity (Wildman–Crippen MR) is 58.2 cm³/mol. The maximum Gasteiger partial charge on any atom is 0.339 e. The van der Waals surface area contributed by atoms with E-state index in [9.17, 15) is 9.90 Å². The van der Waals surface area contributed by atoms with Gasteiger partial charge in [0.25, 0.3) is 0 Å².